The van der Waals surface area contributed by atoms with E-state index in [1.807, 2.05) is 18.2 Å². The highest BCUT2D eigenvalue weighted by Gasteiger charge is 2.26. The number of nitrogens with one attached hydrogen (secondary N) is 2. The summed E-state index contributed by atoms with van der Waals surface area (Å²) in [6, 6.07) is 5.85. The fourth-order valence-electron chi connectivity index (χ4n) is 3.13. The van der Waals surface area contributed by atoms with Crippen molar-refractivity contribution in [1.29, 1.82) is 0 Å². The monoisotopic (exact) mass is 347 g/mol. The van der Waals surface area contributed by atoms with Crippen LogP contribution in [0.4, 0.5) is 4.79 Å². The van der Waals surface area contributed by atoms with Crippen molar-refractivity contribution in [1.82, 2.24) is 25.4 Å². The van der Waals surface area contributed by atoms with Gasteiger partial charge in [0.15, 0.2) is 0 Å². The molecule has 1 aromatic heterocycles. The van der Waals surface area contributed by atoms with Crippen molar-refractivity contribution >= 4 is 11.9 Å². The first kappa shape index (κ1) is 17.6. The van der Waals surface area contributed by atoms with Gasteiger partial charge >= 0.3 is 6.03 Å². The van der Waals surface area contributed by atoms with Crippen LogP contribution in [0.1, 0.15) is 12.1 Å². The van der Waals surface area contributed by atoms with Crippen molar-refractivity contribution in [2.24, 2.45) is 0 Å². The molecule has 8 nitrogen and oxygen atoms in total. The maximum absolute atomic E-state index is 12.2. The van der Waals surface area contributed by atoms with Crippen LogP contribution < -0.4 is 10.6 Å². The predicted octanol–water partition coefficient (Wildman–Crippen LogP) is -0.186. The molecule has 3 heterocycles. The Morgan fingerprint density at radius 1 is 1.40 bits per heavy atom. The predicted molar refractivity (Wildman–Crippen MR) is 91.9 cm³/mol. The van der Waals surface area contributed by atoms with E-state index >= 15 is 0 Å². The van der Waals surface area contributed by atoms with Crippen molar-refractivity contribution in [3.8, 4) is 0 Å². The van der Waals surface area contributed by atoms with Gasteiger partial charge < -0.3 is 20.3 Å². The molecular formula is C17H25N5O3. The molecule has 0 bridgehead atoms. The molecule has 136 valence electrons. The Hall–Kier alpha value is -2.19. The number of aromatic nitrogens is 1. The summed E-state index contributed by atoms with van der Waals surface area (Å²) in [5.74, 6) is -0.0128. The molecule has 0 spiro atoms. The lowest BCUT2D eigenvalue weighted by molar-refractivity contribution is -0.124. The van der Waals surface area contributed by atoms with E-state index in [0.29, 0.717) is 45.8 Å². The Balaban J connectivity index is 1.44. The second kappa shape index (κ2) is 8.77. The van der Waals surface area contributed by atoms with Gasteiger partial charge in [0, 0.05) is 57.9 Å². The van der Waals surface area contributed by atoms with E-state index in [2.05, 4.69) is 20.5 Å². The molecule has 8 heteroatoms. The molecule has 2 N–H and O–H groups in total. The maximum Gasteiger partial charge on any atom is 0.317 e. The summed E-state index contributed by atoms with van der Waals surface area (Å²) in [4.78, 5) is 32.0. The van der Waals surface area contributed by atoms with Gasteiger partial charge in [0.25, 0.3) is 0 Å². The molecule has 0 radical (unpaired) electrons. The maximum atomic E-state index is 12.2. The molecular weight excluding hydrogens is 322 g/mol. The highest BCUT2D eigenvalue weighted by atomic mass is 16.5. The van der Waals surface area contributed by atoms with Gasteiger partial charge in [-0.2, -0.15) is 0 Å². The number of hydrogen-bond acceptors (Lipinski definition) is 5. The lowest BCUT2D eigenvalue weighted by atomic mass is 10.1. The minimum absolute atomic E-state index is 0.0128. The minimum Gasteiger partial charge on any atom is -0.378 e. The zero-order valence-corrected chi connectivity index (χ0v) is 14.3. The third kappa shape index (κ3) is 5.14. The number of amides is 3. The first-order chi connectivity index (χ1) is 12.2. The largest absolute Gasteiger partial charge is 0.378 e. The number of carbonyl (C=O) groups is 2. The second-order valence-electron chi connectivity index (χ2n) is 6.29. The fraction of sp³-hybridized carbons (Fsp3) is 0.588. The normalized spacial score (nSPS) is 21.2. The molecule has 2 fully saturated rings. The Kier molecular flexibility index (Phi) is 6.19. The number of urea groups is 1. The SMILES string of the molecule is O=C(CC1COCCN1Cc1ccccn1)NCCN1CCNC1=O. The fourth-order valence-corrected chi connectivity index (χ4v) is 3.13. The van der Waals surface area contributed by atoms with E-state index in [0.717, 1.165) is 18.8 Å². The molecule has 2 aliphatic heterocycles. The van der Waals surface area contributed by atoms with Crippen LogP contribution in [0.3, 0.4) is 0 Å². The van der Waals surface area contributed by atoms with Gasteiger partial charge in [-0.05, 0) is 12.1 Å². The molecule has 25 heavy (non-hydrogen) atoms. The molecule has 2 saturated heterocycles. The van der Waals surface area contributed by atoms with Crippen LogP contribution in [-0.4, -0.2) is 78.7 Å². The van der Waals surface area contributed by atoms with E-state index in [9.17, 15) is 9.59 Å². The minimum atomic E-state index is -0.0588. The number of rotatable bonds is 7. The van der Waals surface area contributed by atoms with Gasteiger partial charge in [0.2, 0.25) is 5.91 Å². The summed E-state index contributed by atoms with van der Waals surface area (Å²) in [5, 5.41) is 5.65. The number of morpholine rings is 1. The van der Waals surface area contributed by atoms with Crippen molar-refractivity contribution in [2.75, 3.05) is 45.9 Å². The quantitative estimate of drug-likeness (QED) is 0.714. The highest BCUT2D eigenvalue weighted by molar-refractivity contribution is 5.77. The summed E-state index contributed by atoms with van der Waals surface area (Å²) in [5.41, 5.74) is 0.995. The van der Waals surface area contributed by atoms with Gasteiger partial charge in [-0.25, -0.2) is 4.79 Å². The first-order valence-electron chi connectivity index (χ1n) is 8.73. The summed E-state index contributed by atoms with van der Waals surface area (Å²) in [6.45, 7) is 5.12. The van der Waals surface area contributed by atoms with E-state index in [4.69, 9.17) is 4.74 Å². The first-order valence-corrected chi connectivity index (χ1v) is 8.73. The third-order valence-corrected chi connectivity index (χ3v) is 4.51. The zero-order chi connectivity index (χ0) is 17.5. The van der Waals surface area contributed by atoms with Gasteiger partial charge in [-0.1, -0.05) is 6.07 Å². The van der Waals surface area contributed by atoms with Gasteiger partial charge in [-0.15, -0.1) is 0 Å². The van der Waals surface area contributed by atoms with Crippen molar-refractivity contribution in [2.45, 2.75) is 19.0 Å². The van der Waals surface area contributed by atoms with Crippen LogP contribution in [0.15, 0.2) is 24.4 Å². The molecule has 1 atom stereocenters. The summed E-state index contributed by atoms with van der Waals surface area (Å²) >= 11 is 0. The third-order valence-electron chi connectivity index (χ3n) is 4.51. The summed E-state index contributed by atoms with van der Waals surface area (Å²) in [7, 11) is 0. The molecule has 0 saturated carbocycles. The zero-order valence-electron chi connectivity index (χ0n) is 14.3. The Morgan fingerprint density at radius 3 is 3.08 bits per heavy atom. The van der Waals surface area contributed by atoms with Crippen LogP contribution in [0.5, 0.6) is 0 Å². The van der Waals surface area contributed by atoms with E-state index in [-0.39, 0.29) is 18.0 Å². The number of hydrogen-bond donors (Lipinski definition) is 2. The summed E-state index contributed by atoms with van der Waals surface area (Å²) < 4.78 is 5.55. The number of ether oxygens (including phenoxy) is 1. The molecule has 3 amide bonds. The smallest absolute Gasteiger partial charge is 0.317 e. The second-order valence-corrected chi connectivity index (χ2v) is 6.29. The van der Waals surface area contributed by atoms with E-state index in [1.165, 1.54) is 0 Å². The number of pyridine rings is 1. The van der Waals surface area contributed by atoms with Crippen LogP contribution in [0, 0.1) is 0 Å². The van der Waals surface area contributed by atoms with E-state index in [1.54, 1.807) is 11.1 Å². The standard InChI is InChI=1S/C17H25N5O3/c23-16(19-5-7-21-8-6-20-17(21)24)11-15-13-25-10-9-22(15)12-14-3-1-2-4-18-14/h1-4,15H,5-13H2,(H,19,23)(H,20,24). The average molecular weight is 347 g/mol. The van der Waals surface area contributed by atoms with Crippen LogP contribution in [0.25, 0.3) is 0 Å². The molecule has 0 aromatic carbocycles. The van der Waals surface area contributed by atoms with Crippen molar-refractivity contribution in [3.63, 3.8) is 0 Å². The van der Waals surface area contributed by atoms with Gasteiger partial charge in [-0.3, -0.25) is 14.7 Å². The molecule has 2 aliphatic rings. The van der Waals surface area contributed by atoms with Crippen LogP contribution >= 0.6 is 0 Å². The average Bonchev–Trinajstić information content (AvgIpc) is 3.03. The van der Waals surface area contributed by atoms with Crippen molar-refractivity contribution < 1.29 is 14.3 Å². The Labute approximate surface area is 147 Å². The molecule has 1 aromatic rings. The van der Waals surface area contributed by atoms with Crippen LogP contribution in [0.2, 0.25) is 0 Å². The number of nitrogens with zero attached hydrogens (tertiary/aromatic N) is 3. The topological polar surface area (TPSA) is 86.8 Å². The number of carbonyl (C=O) groups excluding carboxylic acids is 2. The Morgan fingerprint density at radius 2 is 2.32 bits per heavy atom. The Bertz CT molecular complexity index is 583. The molecule has 1 unspecified atom stereocenters. The van der Waals surface area contributed by atoms with E-state index < -0.39 is 0 Å². The van der Waals surface area contributed by atoms with Gasteiger partial charge in [0.1, 0.15) is 0 Å². The van der Waals surface area contributed by atoms with Gasteiger partial charge in [0.05, 0.1) is 18.9 Å². The highest BCUT2D eigenvalue weighted by Crippen LogP contribution is 2.14. The summed E-state index contributed by atoms with van der Waals surface area (Å²) in [6.07, 6.45) is 2.17. The lowest BCUT2D eigenvalue weighted by Gasteiger charge is -2.35. The van der Waals surface area contributed by atoms with Crippen molar-refractivity contribution in [3.05, 3.63) is 30.1 Å². The molecule has 3 rings (SSSR count). The lowest BCUT2D eigenvalue weighted by Crippen LogP contribution is -2.47. The molecule has 0 aliphatic carbocycles. The van der Waals surface area contributed by atoms with Crippen LogP contribution in [-0.2, 0) is 16.1 Å².